The van der Waals surface area contributed by atoms with Crippen LogP contribution in [-0.2, 0) is 19.0 Å². The third-order valence-corrected chi connectivity index (χ3v) is 6.23. The molecule has 0 spiro atoms. The van der Waals surface area contributed by atoms with Crippen LogP contribution in [0.1, 0.15) is 60.4 Å². The van der Waals surface area contributed by atoms with Crippen LogP contribution >= 0.6 is 0 Å². The van der Waals surface area contributed by atoms with E-state index in [-0.39, 0.29) is 17.0 Å². The molecule has 31 heavy (non-hydrogen) atoms. The molecule has 0 radical (unpaired) electrons. The van der Waals surface area contributed by atoms with Crippen LogP contribution in [0.3, 0.4) is 0 Å². The van der Waals surface area contributed by atoms with Crippen molar-refractivity contribution < 1.29 is 18.0 Å². The summed E-state index contributed by atoms with van der Waals surface area (Å²) < 4.78 is 42.5. The fraction of sp³-hybridized carbons (Fsp3) is 0.545. The Morgan fingerprint density at radius 3 is 2.77 bits per heavy atom. The third kappa shape index (κ3) is 4.42. The molecule has 2 heterocycles. The van der Waals surface area contributed by atoms with Crippen molar-refractivity contribution in [1.82, 2.24) is 15.1 Å². The quantitative estimate of drug-likeness (QED) is 0.684. The molecular weight excluding hydrogens is 407 g/mol. The number of alkyl halides is 3. The summed E-state index contributed by atoms with van der Waals surface area (Å²) in [4.78, 5) is 12.0. The number of primary amides is 1. The first-order valence-corrected chi connectivity index (χ1v) is 10.6. The Kier molecular flexibility index (Phi) is 5.49. The fourth-order valence-corrected chi connectivity index (χ4v) is 4.57. The fourth-order valence-electron chi connectivity index (χ4n) is 4.57. The van der Waals surface area contributed by atoms with Crippen molar-refractivity contribution in [2.24, 2.45) is 11.1 Å². The van der Waals surface area contributed by atoms with Crippen LogP contribution in [0.4, 0.5) is 18.9 Å². The van der Waals surface area contributed by atoms with Crippen molar-refractivity contribution in [3.8, 4) is 5.69 Å². The minimum atomic E-state index is -4.52. The second kappa shape index (κ2) is 7.85. The van der Waals surface area contributed by atoms with Gasteiger partial charge in [0.2, 0.25) is 0 Å². The number of anilines is 1. The Morgan fingerprint density at radius 2 is 2.13 bits per heavy atom. The van der Waals surface area contributed by atoms with E-state index in [1.54, 1.807) is 18.2 Å². The summed E-state index contributed by atoms with van der Waals surface area (Å²) in [5.41, 5.74) is 6.80. The highest BCUT2D eigenvalue weighted by molar-refractivity contribution is 5.99. The van der Waals surface area contributed by atoms with Crippen LogP contribution in [-0.4, -0.2) is 34.8 Å². The molecular formula is C22H28F3N5O. The Hall–Kier alpha value is -2.55. The summed E-state index contributed by atoms with van der Waals surface area (Å²) in [6.07, 6.45) is -1.07. The van der Waals surface area contributed by atoms with Gasteiger partial charge in [-0.2, -0.15) is 18.3 Å². The van der Waals surface area contributed by atoms with E-state index in [9.17, 15) is 18.0 Å². The number of nitrogens with one attached hydrogen (secondary N) is 2. The van der Waals surface area contributed by atoms with E-state index in [2.05, 4.69) is 29.6 Å². The Labute approximate surface area is 179 Å². The molecule has 9 heteroatoms. The maximum Gasteiger partial charge on any atom is 0.435 e. The molecule has 0 unspecified atom stereocenters. The molecule has 0 bridgehead atoms. The molecule has 4 rings (SSSR count). The van der Waals surface area contributed by atoms with Gasteiger partial charge in [0.05, 0.1) is 11.3 Å². The molecule has 1 saturated heterocycles. The molecule has 1 aromatic carbocycles. The van der Waals surface area contributed by atoms with E-state index in [1.165, 1.54) is 4.68 Å². The summed E-state index contributed by atoms with van der Waals surface area (Å²) in [5.74, 6) is -0.586. The molecule has 1 atom stereocenters. The van der Waals surface area contributed by atoms with Crippen LogP contribution in [0.15, 0.2) is 18.2 Å². The van der Waals surface area contributed by atoms with Crippen LogP contribution in [0.2, 0.25) is 0 Å². The first-order valence-electron chi connectivity index (χ1n) is 10.6. The highest BCUT2D eigenvalue weighted by atomic mass is 19.4. The molecule has 1 amide bonds. The van der Waals surface area contributed by atoms with Gasteiger partial charge in [-0.05, 0) is 62.3 Å². The van der Waals surface area contributed by atoms with Gasteiger partial charge < -0.3 is 16.4 Å². The van der Waals surface area contributed by atoms with Gasteiger partial charge in [0.15, 0.2) is 5.69 Å². The van der Waals surface area contributed by atoms with Crippen molar-refractivity contribution in [1.29, 1.82) is 0 Å². The number of nitrogens with zero attached hydrogens (tertiary/aromatic N) is 2. The Morgan fingerprint density at radius 1 is 1.35 bits per heavy atom. The summed E-state index contributed by atoms with van der Waals surface area (Å²) in [6.45, 7) is 5.79. The van der Waals surface area contributed by atoms with Gasteiger partial charge in [-0.25, -0.2) is 4.68 Å². The van der Waals surface area contributed by atoms with Crippen LogP contribution in [0.25, 0.3) is 5.69 Å². The van der Waals surface area contributed by atoms with Gasteiger partial charge in [0.1, 0.15) is 0 Å². The van der Waals surface area contributed by atoms with Gasteiger partial charge in [0, 0.05) is 29.5 Å². The van der Waals surface area contributed by atoms with Crippen LogP contribution in [0, 0.1) is 5.41 Å². The predicted molar refractivity (Wildman–Crippen MR) is 112 cm³/mol. The second-order valence-corrected chi connectivity index (χ2v) is 9.31. The number of hydrogen-bond donors (Lipinski definition) is 3. The number of hydrogen-bond acceptors (Lipinski definition) is 4. The molecule has 1 aliphatic carbocycles. The van der Waals surface area contributed by atoms with E-state index in [0.29, 0.717) is 41.9 Å². The lowest BCUT2D eigenvalue weighted by atomic mass is 9.76. The summed E-state index contributed by atoms with van der Waals surface area (Å²) >= 11 is 0. The minimum absolute atomic E-state index is 0.110. The van der Waals surface area contributed by atoms with Gasteiger partial charge in [0.25, 0.3) is 5.91 Å². The largest absolute Gasteiger partial charge is 0.435 e. The lowest BCUT2D eigenvalue weighted by Gasteiger charge is -2.30. The number of amides is 1. The zero-order valence-corrected chi connectivity index (χ0v) is 17.8. The smallest absolute Gasteiger partial charge is 0.380 e. The van der Waals surface area contributed by atoms with Crippen molar-refractivity contribution >= 4 is 11.6 Å². The van der Waals surface area contributed by atoms with Crippen molar-refractivity contribution in [2.45, 2.75) is 58.2 Å². The maximum atomic E-state index is 13.7. The summed E-state index contributed by atoms with van der Waals surface area (Å²) in [6, 6.07) is 4.97. The van der Waals surface area contributed by atoms with Crippen LogP contribution in [0.5, 0.6) is 0 Å². The Bertz CT molecular complexity index is 990. The first kappa shape index (κ1) is 21.7. The number of carbonyl (C=O) groups is 1. The predicted octanol–water partition coefficient (Wildman–Crippen LogP) is 3.67. The number of nitrogens with two attached hydrogens (primary N) is 1. The van der Waals surface area contributed by atoms with Crippen molar-refractivity contribution in [2.75, 3.05) is 18.4 Å². The normalized spacial score (nSPS) is 20.9. The standard InChI is InChI=1S/C22H28F3N5O/c1-21(2)8-7-16-18(11-21)30(29-19(16)22(23,24)25)14-5-6-15(20(26)31)17(10-14)28-13-4-3-9-27-12-13/h5-6,10,13,27-28H,3-4,7-9,11-12H2,1-2H3,(H2,26,31)/t13-/m0/s1. The third-order valence-electron chi connectivity index (χ3n) is 6.23. The van der Waals surface area contributed by atoms with Crippen molar-refractivity contribution in [3.63, 3.8) is 0 Å². The van der Waals surface area contributed by atoms with Crippen LogP contribution < -0.4 is 16.4 Å². The number of halogens is 3. The number of piperidine rings is 1. The van der Waals surface area contributed by atoms with E-state index in [0.717, 1.165) is 25.9 Å². The minimum Gasteiger partial charge on any atom is -0.380 e. The molecule has 2 aromatic rings. The van der Waals surface area contributed by atoms with Gasteiger partial charge >= 0.3 is 6.18 Å². The van der Waals surface area contributed by atoms with Gasteiger partial charge in [-0.15, -0.1) is 0 Å². The zero-order chi connectivity index (χ0) is 22.4. The van der Waals surface area contributed by atoms with E-state index < -0.39 is 17.8 Å². The average Bonchev–Trinajstić information content (AvgIpc) is 3.06. The lowest BCUT2D eigenvalue weighted by Crippen LogP contribution is -2.38. The van der Waals surface area contributed by atoms with E-state index >= 15 is 0 Å². The molecule has 4 N–H and O–H groups in total. The molecule has 1 fully saturated rings. The van der Waals surface area contributed by atoms with Gasteiger partial charge in [-0.3, -0.25) is 4.79 Å². The number of fused-ring (bicyclic) bond motifs is 1. The highest BCUT2D eigenvalue weighted by Gasteiger charge is 2.42. The van der Waals surface area contributed by atoms with Crippen molar-refractivity contribution in [3.05, 3.63) is 40.7 Å². The first-order chi connectivity index (χ1) is 14.5. The number of carbonyl (C=O) groups excluding carboxylic acids is 1. The molecule has 1 aromatic heterocycles. The molecule has 0 saturated carbocycles. The average molecular weight is 435 g/mol. The number of benzene rings is 1. The van der Waals surface area contributed by atoms with E-state index in [4.69, 9.17) is 5.73 Å². The zero-order valence-electron chi connectivity index (χ0n) is 17.8. The number of rotatable bonds is 4. The maximum absolute atomic E-state index is 13.7. The molecule has 168 valence electrons. The summed E-state index contributed by atoms with van der Waals surface area (Å²) in [7, 11) is 0. The summed E-state index contributed by atoms with van der Waals surface area (Å²) in [5, 5.41) is 10.6. The van der Waals surface area contributed by atoms with E-state index in [1.807, 2.05) is 0 Å². The molecule has 2 aliphatic rings. The monoisotopic (exact) mass is 435 g/mol. The molecule has 6 nitrogen and oxygen atoms in total. The highest BCUT2D eigenvalue weighted by Crippen LogP contribution is 2.42. The Balaban J connectivity index is 1.79. The second-order valence-electron chi connectivity index (χ2n) is 9.31. The topological polar surface area (TPSA) is 85.0 Å². The molecule has 1 aliphatic heterocycles. The number of aromatic nitrogens is 2. The SMILES string of the molecule is CC1(C)CCc2c(C(F)(F)F)nn(-c3ccc(C(N)=O)c(N[C@H]4CCCNC4)c3)c2C1. The lowest BCUT2D eigenvalue weighted by molar-refractivity contribution is -0.142. The van der Waals surface area contributed by atoms with Gasteiger partial charge in [-0.1, -0.05) is 13.8 Å².